The van der Waals surface area contributed by atoms with E-state index >= 15 is 0 Å². The highest BCUT2D eigenvalue weighted by atomic mass is 16.5. The second kappa shape index (κ2) is 10.6. The highest BCUT2D eigenvalue weighted by Gasteiger charge is 2.36. The smallest absolute Gasteiger partial charge is 0.258 e. The van der Waals surface area contributed by atoms with Gasteiger partial charge in [-0.2, -0.15) is 5.26 Å². The van der Waals surface area contributed by atoms with Crippen LogP contribution >= 0.6 is 0 Å². The molecule has 37 heavy (non-hydrogen) atoms. The van der Waals surface area contributed by atoms with Crippen molar-refractivity contribution >= 4 is 0 Å². The summed E-state index contributed by atoms with van der Waals surface area (Å²) in [6.45, 7) is 2.24. The third-order valence-electron chi connectivity index (χ3n) is 6.51. The predicted octanol–water partition coefficient (Wildman–Crippen LogP) is 3.65. The first-order valence-electron chi connectivity index (χ1n) is 11.6. The molecule has 1 aliphatic heterocycles. The van der Waals surface area contributed by atoms with E-state index in [-0.39, 0.29) is 17.0 Å². The molecule has 3 aromatic rings. The fraction of sp³-hybridized carbons (Fsp3) is 0.286. The Morgan fingerprint density at radius 2 is 1.70 bits per heavy atom. The fourth-order valence-electron chi connectivity index (χ4n) is 4.61. The molecule has 0 fully saturated rings. The molecule has 192 valence electrons. The third-order valence-corrected chi connectivity index (χ3v) is 6.51. The molecule has 0 saturated carbocycles. The minimum atomic E-state index is -0.768. The summed E-state index contributed by atoms with van der Waals surface area (Å²) in [7, 11) is 6.24. The highest BCUT2D eigenvalue weighted by molar-refractivity contribution is 5.59. The van der Waals surface area contributed by atoms with Gasteiger partial charge in [0.2, 0.25) is 5.88 Å². The Labute approximate surface area is 215 Å². The Bertz CT molecular complexity index is 1470. The molecule has 9 nitrogen and oxygen atoms in total. The molecule has 0 radical (unpaired) electrons. The molecule has 4 rings (SSSR count). The molecule has 9 heteroatoms. The number of nitriles is 1. The maximum Gasteiger partial charge on any atom is 0.258 e. The van der Waals surface area contributed by atoms with Gasteiger partial charge < -0.3 is 34.0 Å². The van der Waals surface area contributed by atoms with Crippen LogP contribution in [0.1, 0.15) is 28.3 Å². The molecule has 2 N–H and O–H groups in total. The molecule has 0 saturated heterocycles. The largest absolute Gasteiger partial charge is 0.497 e. The standard InChI is InChI=1S/C28H29N3O6/c1-16-12-24-26(28(32)31(16)11-10-17-6-9-21(34-3)23(13-17)36-5)25(20(15-29)27(30)37-24)19-8-7-18(33-2)14-22(19)35-4/h6-9,12-14,25H,10-11,30H2,1-5H3. The van der Waals surface area contributed by atoms with Crippen LogP contribution in [0.3, 0.4) is 0 Å². The molecule has 1 unspecified atom stereocenters. The van der Waals surface area contributed by atoms with Crippen molar-refractivity contribution in [2.45, 2.75) is 25.8 Å². The van der Waals surface area contributed by atoms with E-state index in [4.69, 9.17) is 29.4 Å². The van der Waals surface area contributed by atoms with Crippen molar-refractivity contribution in [2.75, 3.05) is 28.4 Å². The fourth-order valence-corrected chi connectivity index (χ4v) is 4.61. The Morgan fingerprint density at radius 3 is 2.35 bits per heavy atom. The molecule has 1 aromatic heterocycles. The van der Waals surface area contributed by atoms with Gasteiger partial charge in [-0.3, -0.25) is 4.79 Å². The molecule has 0 aliphatic carbocycles. The summed E-state index contributed by atoms with van der Waals surface area (Å²) in [5.74, 6) is 1.82. The lowest BCUT2D eigenvalue weighted by molar-refractivity contribution is 0.354. The van der Waals surface area contributed by atoms with Crippen LogP contribution in [0.25, 0.3) is 0 Å². The summed E-state index contributed by atoms with van der Waals surface area (Å²) in [5.41, 5.74) is 8.64. The Kier molecular flexibility index (Phi) is 7.30. The van der Waals surface area contributed by atoms with Gasteiger partial charge in [0, 0.05) is 29.9 Å². The van der Waals surface area contributed by atoms with Gasteiger partial charge in [-0.15, -0.1) is 0 Å². The van der Waals surface area contributed by atoms with Crippen LogP contribution in [0.2, 0.25) is 0 Å². The summed E-state index contributed by atoms with van der Waals surface area (Å²) < 4.78 is 29.1. The zero-order valence-corrected chi connectivity index (χ0v) is 21.5. The van der Waals surface area contributed by atoms with Crippen molar-refractivity contribution in [3.05, 3.63) is 86.7 Å². The van der Waals surface area contributed by atoms with Gasteiger partial charge in [0.25, 0.3) is 5.56 Å². The normalized spacial score (nSPS) is 14.3. The van der Waals surface area contributed by atoms with Crippen LogP contribution in [-0.4, -0.2) is 33.0 Å². The van der Waals surface area contributed by atoms with Gasteiger partial charge >= 0.3 is 0 Å². The lowest BCUT2D eigenvalue weighted by Crippen LogP contribution is -2.33. The maximum atomic E-state index is 14.0. The number of nitrogens with two attached hydrogens (primary N) is 1. The number of benzene rings is 2. The zero-order valence-electron chi connectivity index (χ0n) is 21.5. The number of hydrogen-bond acceptors (Lipinski definition) is 8. The number of fused-ring (bicyclic) bond motifs is 1. The number of allylic oxidation sites excluding steroid dienone is 1. The molecule has 1 atom stereocenters. The number of nitrogens with zero attached hydrogens (tertiary/aromatic N) is 2. The monoisotopic (exact) mass is 503 g/mol. The van der Waals surface area contributed by atoms with Crippen LogP contribution in [-0.2, 0) is 13.0 Å². The van der Waals surface area contributed by atoms with E-state index in [1.807, 2.05) is 25.1 Å². The van der Waals surface area contributed by atoms with Gasteiger partial charge in [-0.25, -0.2) is 0 Å². The van der Waals surface area contributed by atoms with Gasteiger partial charge in [0.15, 0.2) is 11.5 Å². The van der Waals surface area contributed by atoms with E-state index in [1.165, 1.54) is 7.11 Å². The van der Waals surface area contributed by atoms with Gasteiger partial charge in [0.1, 0.15) is 28.9 Å². The van der Waals surface area contributed by atoms with E-state index in [2.05, 4.69) is 6.07 Å². The van der Waals surface area contributed by atoms with Gasteiger partial charge in [-0.05, 0) is 37.1 Å². The highest BCUT2D eigenvalue weighted by Crippen LogP contribution is 2.44. The number of ether oxygens (including phenoxy) is 5. The molecule has 0 amide bonds. The SMILES string of the molecule is COc1ccc(C2C(C#N)=C(N)Oc3cc(C)n(CCc4ccc(OC)c(OC)c4)c(=O)c32)c(OC)c1. The Hall–Kier alpha value is -4.58. The van der Waals surface area contributed by atoms with Crippen molar-refractivity contribution in [2.24, 2.45) is 5.73 Å². The topological polar surface area (TPSA) is 118 Å². The lowest BCUT2D eigenvalue weighted by Gasteiger charge is -2.28. The number of aryl methyl sites for hydroxylation is 2. The van der Waals surface area contributed by atoms with Crippen molar-refractivity contribution in [1.82, 2.24) is 4.57 Å². The maximum absolute atomic E-state index is 14.0. The average Bonchev–Trinajstić information content (AvgIpc) is 2.91. The van der Waals surface area contributed by atoms with E-state index in [0.29, 0.717) is 58.5 Å². The molecule has 2 aromatic carbocycles. The zero-order chi connectivity index (χ0) is 26.7. The van der Waals surface area contributed by atoms with Crippen LogP contribution in [0, 0.1) is 18.3 Å². The summed E-state index contributed by atoms with van der Waals surface area (Å²) in [6, 6.07) is 14.8. The summed E-state index contributed by atoms with van der Waals surface area (Å²) in [6.07, 6.45) is 0.570. The van der Waals surface area contributed by atoms with Crippen LogP contribution in [0.15, 0.2) is 58.7 Å². The van der Waals surface area contributed by atoms with Crippen LogP contribution in [0.4, 0.5) is 0 Å². The number of methoxy groups -OCH3 is 4. The van der Waals surface area contributed by atoms with Crippen LogP contribution in [0.5, 0.6) is 28.7 Å². The first-order valence-corrected chi connectivity index (χ1v) is 11.6. The van der Waals surface area contributed by atoms with Gasteiger partial charge in [0.05, 0.1) is 39.9 Å². The minimum Gasteiger partial charge on any atom is -0.497 e. The van der Waals surface area contributed by atoms with Gasteiger partial charge in [-0.1, -0.05) is 12.1 Å². The second-order valence-corrected chi connectivity index (χ2v) is 8.49. The van der Waals surface area contributed by atoms with Crippen molar-refractivity contribution in [1.29, 1.82) is 5.26 Å². The van der Waals surface area contributed by atoms with Crippen molar-refractivity contribution in [3.8, 4) is 34.8 Å². The predicted molar refractivity (Wildman–Crippen MR) is 138 cm³/mol. The van der Waals surface area contributed by atoms with Crippen molar-refractivity contribution < 1.29 is 23.7 Å². The Morgan fingerprint density at radius 1 is 0.973 bits per heavy atom. The molecular weight excluding hydrogens is 474 g/mol. The summed E-state index contributed by atoms with van der Waals surface area (Å²) in [5, 5.41) is 9.98. The number of pyridine rings is 1. The summed E-state index contributed by atoms with van der Waals surface area (Å²) in [4.78, 5) is 14.0. The molecule has 1 aliphatic rings. The second-order valence-electron chi connectivity index (χ2n) is 8.49. The van der Waals surface area contributed by atoms with E-state index in [0.717, 1.165) is 5.56 Å². The number of rotatable bonds is 8. The van der Waals surface area contributed by atoms with E-state index in [9.17, 15) is 10.1 Å². The molecule has 0 bridgehead atoms. The van der Waals surface area contributed by atoms with E-state index in [1.54, 1.807) is 50.2 Å². The summed E-state index contributed by atoms with van der Waals surface area (Å²) >= 11 is 0. The first-order chi connectivity index (χ1) is 17.9. The average molecular weight is 504 g/mol. The number of aromatic nitrogens is 1. The Balaban J connectivity index is 1.81. The number of hydrogen-bond donors (Lipinski definition) is 1. The minimum absolute atomic E-state index is 0.0419. The lowest BCUT2D eigenvalue weighted by atomic mass is 9.83. The van der Waals surface area contributed by atoms with Crippen molar-refractivity contribution in [3.63, 3.8) is 0 Å². The van der Waals surface area contributed by atoms with Crippen LogP contribution < -0.4 is 35.0 Å². The quantitative estimate of drug-likeness (QED) is 0.495. The first kappa shape index (κ1) is 25.5. The van der Waals surface area contributed by atoms with E-state index < -0.39 is 5.92 Å². The third kappa shape index (κ3) is 4.66. The molecule has 2 heterocycles. The molecule has 0 spiro atoms. The molecular formula is C28H29N3O6.